The molecule has 0 radical (unpaired) electrons. The lowest BCUT2D eigenvalue weighted by Gasteiger charge is -2.09. The van der Waals surface area contributed by atoms with E-state index in [2.05, 4.69) is 4.98 Å². The highest BCUT2D eigenvalue weighted by Gasteiger charge is 2.14. The summed E-state index contributed by atoms with van der Waals surface area (Å²) in [6.45, 7) is 0. The number of halogens is 2. The van der Waals surface area contributed by atoms with Crippen molar-refractivity contribution in [1.82, 2.24) is 4.98 Å². The Morgan fingerprint density at radius 2 is 1.81 bits per heavy atom. The van der Waals surface area contributed by atoms with Crippen LogP contribution in [0.5, 0.6) is 0 Å². The zero-order valence-electron chi connectivity index (χ0n) is 10.8. The predicted molar refractivity (Wildman–Crippen MR) is 85.6 cm³/mol. The van der Waals surface area contributed by atoms with Crippen molar-refractivity contribution in [3.63, 3.8) is 0 Å². The van der Waals surface area contributed by atoms with Crippen LogP contribution in [0.1, 0.15) is 5.56 Å². The second kappa shape index (κ2) is 10.1. The Labute approximate surface area is 132 Å². The van der Waals surface area contributed by atoms with Crippen LogP contribution in [0.25, 0.3) is 10.9 Å². The van der Waals surface area contributed by atoms with Gasteiger partial charge in [-0.2, -0.15) is 0 Å². The molecule has 8 N–H and O–H groups in total. The number of nitrogens with two attached hydrogens (primary N) is 1. The number of carboxylic acid groups (broad SMARTS) is 1. The van der Waals surface area contributed by atoms with Gasteiger partial charge in [0.25, 0.3) is 0 Å². The first-order chi connectivity index (χ1) is 8.08. The molecule has 9 heteroatoms. The number of hydrogen-bond donors (Lipinski definition) is 3. The Morgan fingerprint density at radius 1 is 1.24 bits per heavy atom. The first kappa shape index (κ1) is 24.4. The molecule has 1 heterocycles. The number of para-hydroxylation sites is 1. The first-order valence-electron chi connectivity index (χ1n) is 5.17. The number of aromatic amines is 1. The minimum absolute atomic E-state index is 0. The van der Waals surface area contributed by atoms with Crippen molar-refractivity contribution in [3.8, 4) is 0 Å². The highest BCUT2D eigenvalue weighted by Crippen LogP contribution is 2.15. The third-order valence-electron chi connectivity index (χ3n) is 2.59. The molecule has 2 rings (SSSR count). The van der Waals surface area contributed by atoms with E-state index in [1.54, 1.807) is 12.1 Å². The molecule has 0 aliphatic rings. The number of aliphatic carboxylic acids is 1. The maximum atomic E-state index is 11.4. The molecule has 0 saturated heterocycles. The molecule has 0 aliphatic carbocycles. The van der Waals surface area contributed by atoms with Gasteiger partial charge in [0, 0.05) is 17.0 Å². The molecule has 2 aromatic rings. The van der Waals surface area contributed by atoms with E-state index in [-0.39, 0.29) is 47.7 Å². The Morgan fingerprint density at radius 3 is 2.38 bits per heavy atom. The summed E-state index contributed by atoms with van der Waals surface area (Å²) in [7, 11) is 0. The maximum Gasteiger partial charge on any atom is 0.320 e. The average molecular weight is 341 g/mol. The Balaban J connectivity index is -0.000000810. The van der Waals surface area contributed by atoms with Crippen molar-refractivity contribution in [3.05, 3.63) is 46.2 Å². The summed E-state index contributed by atoms with van der Waals surface area (Å²) in [5.74, 6) is -1.07. The van der Waals surface area contributed by atoms with E-state index in [0.29, 0.717) is 11.1 Å². The number of carbonyl (C=O) groups is 1. The molecule has 21 heavy (non-hydrogen) atoms. The van der Waals surface area contributed by atoms with E-state index in [9.17, 15) is 9.59 Å². The largest absolute Gasteiger partial charge is 0.480 e. The molecule has 1 atom stereocenters. The van der Waals surface area contributed by atoms with Crippen LogP contribution in [0.3, 0.4) is 0 Å². The second-order valence-electron chi connectivity index (χ2n) is 3.85. The summed E-state index contributed by atoms with van der Waals surface area (Å²) in [4.78, 5) is 24.8. The SMILES string of the molecule is Cl.Cl.NC(Cc1cc(=O)[nH]c2ccccc12)C(=O)O.O.O. The van der Waals surface area contributed by atoms with Crippen molar-refractivity contribution >= 4 is 41.7 Å². The molecule has 0 fully saturated rings. The molecule has 0 saturated carbocycles. The Bertz CT molecular complexity index is 632. The van der Waals surface area contributed by atoms with Gasteiger partial charge >= 0.3 is 5.97 Å². The van der Waals surface area contributed by atoms with Gasteiger partial charge in [-0.1, -0.05) is 18.2 Å². The van der Waals surface area contributed by atoms with Gasteiger partial charge in [-0.3, -0.25) is 9.59 Å². The highest BCUT2D eigenvalue weighted by atomic mass is 35.5. The van der Waals surface area contributed by atoms with Crippen LogP contribution in [0, 0.1) is 0 Å². The number of fused-ring (bicyclic) bond motifs is 1. The molecule has 1 aromatic carbocycles. The van der Waals surface area contributed by atoms with Crippen molar-refractivity contribution in [1.29, 1.82) is 0 Å². The number of aromatic nitrogens is 1. The predicted octanol–water partition coefficient (Wildman–Crippen LogP) is -0.323. The summed E-state index contributed by atoms with van der Waals surface area (Å²) in [6, 6.07) is 7.63. The van der Waals surface area contributed by atoms with Gasteiger partial charge in [0.15, 0.2) is 0 Å². The van der Waals surface area contributed by atoms with Crippen LogP contribution in [0.4, 0.5) is 0 Å². The van der Waals surface area contributed by atoms with Crippen molar-refractivity contribution in [2.24, 2.45) is 5.73 Å². The van der Waals surface area contributed by atoms with Crippen LogP contribution in [-0.2, 0) is 11.2 Å². The van der Waals surface area contributed by atoms with Crippen molar-refractivity contribution in [2.45, 2.75) is 12.5 Å². The molecular weight excluding hydrogens is 323 g/mol. The van der Waals surface area contributed by atoms with Gasteiger partial charge in [-0.15, -0.1) is 24.8 Å². The zero-order valence-corrected chi connectivity index (χ0v) is 12.5. The number of nitrogens with one attached hydrogen (secondary N) is 1. The highest BCUT2D eigenvalue weighted by molar-refractivity contribution is 5.85. The minimum Gasteiger partial charge on any atom is -0.480 e. The van der Waals surface area contributed by atoms with E-state index in [1.165, 1.54) is 6.07 Å². The van der Waals surface area contributed by atoms with Gasteiger partial charge in [-0.05, 0) is 18.1 Å². The third kappa shape index (κ3) is 5.70. The number of rotatable bonds is 3. The van der Waals surface area contributed by atoms with Crippen molar-refractivity contribution in [2.75, 3.05) is 0 Å². The molecule has 0 bridgehead atoms. The summed E-state index contributed by atoms with van der Waals surface area (Å²) in [6.07, 6.45) is 0.139. The molecular formula is C12H18Cl2N2O5. The van der Waals surface area contributed by atoms with E-state index in [4.69, 9.17) is 10.8 Å². The Kier molecular flexibility index (Phi) is 11.8. The average Bonchev–Trinajstić information content (AvgIpc) is 2.28. The third-order valence-corrected chi connectivity index (χ3v) is 2.59. The molecule has 0 amide bonds. The second-order valence-corrected chi connectivity index (χ2v) is 3.85. The van der Waals surface area contributed by atoms with E-state index < -0.39 is 12.0 Å². The smallest absolute Gasteiger partial charge is 0.320 e. The Hall–Kier alpha value is -1.64. The normalized spacial score (nSPS) is 10.1. The first-order valence-corrected chi connectivity index (χ1v) is 5.17. The number of hydrogen-bond acceptors (Lipinski definition) is 3. The number of carboxylic acids is 1. The zero-order chi connectivity index (χ0) is 12.4. The van der Waals surface area contributed by atoms with E-state index >= 15 is 0 Å². The van der Waals surface area contributed by atoms with Gasteiger partial charge in [-0.25, -0.2) is 0 Å². The topological polar surface area (TPSA) is 159 Å². The van der Waals surface area contributed by atoms with Gasteiger partial charge < -0.3 is 26.8 Å². The number of H-pyrrole nitrogens is 1. The summed E-state index contributed by atoms with van der Waals surface area (Å²) in [5, 5.41) is 9.60. The monoisotopic (exact) mass is 340 g/mol. The standard InChI is InChI=1S/C12H12N2O3.2ClH.2H2O/c13-9(12(16)17)5-7-6-11(15)14-10-4-2-1-3-8(7)10;;;;/h1-4,6,9H,5,13H2,(H,14,15)(H,16,17);2*1H;2*1H2. The van der Waals surface area contributed by atoms with Crippen LogP contribution in [0.2, 0.25) is 0 Å². The molecule has 1 aromatic heterocycles. The fourth-order valence-corrected chi connectivity index (χ4v) is 1.77. The molecule has 0 spiro atoms. The summed E-state index contributed by atoms with van der Waals surface area (Å²) >= 11 is 0. The van der Waals surface area contributed by atoms with Crippen molar-refractivity contribution < 1.29 is 20.9 Å². The van der Waals surface area contributed by atoms with Gasteiger partial charge in [0.1, 0.15) is 6.04 Å². The van der Waals surface area contributed by atoms with Crippen LogP contribution in [0.15, 0.2) is 35.1 Å². The van der Waals surface area contributed by atoms with E-state index in [1.807, 2.05) is 12.1 Å². The lowest BCUT2D eigenvalue weighted by atomic mass is 10.0. The molecule has 0 aliphatic heterocycles. The quantitative estimate of drug-likeness (QED) is 0.698. The molecule has 7 nitrogen and oxygen atoms in total. The lowest BCUT2D eigenvalue weighted by molar-refractivity contribution is -0.138. The van der Waals surface area contributed by atoms with E-state index in [0.717, 1.165) is 5.39 Å². The molecule has 1 unspecified atom stereocenters. The summed E-state index contributed by atoms with van der Waals surface area (Å²) < 4.78 is 0. The van der Waals surface area contributed by atoms with Gasteiger partial charge in [0.2, 0.25) is 5.56 Å². The lowest BCUT2D eigenvalue weighted by Crippen LogP contribution is -2.32. The maximum absolute atomic E-state index is 11.4. The van der Waals surface area contributed by atoms with Crippen LogP contribution >= 0.6 is 24.8 Å². The van der Waals surface area contributed by atoms with Crippen LogP contribution < -0.4 is 11.3 Å². The van der Waals surface area contributed by atoms with Crippen LogP contribution in [-0.4, -0.2) is 33.1 Å². The fourth-order valence-electron chi connectivity index (χ4n) is 1.77. The fraction of sp³-hybridized carbons (Fsp3) is 0.167. The van der Waals surface area contributed by atoms with Gasteiger partial charge in [0.05, 0.1) is 0 Å². The minimum atomic E-state index is -1.07. The molecule has 120 valence electrons. The number of benzene rings is 1. The number of pyridine rings is 1. The summed E-state index contributed by atoms with van der Waals surface area (Å²) in [5.41, 5.74) is 6.56.